The van der Waals surface area contributed by atoms with Crippen molar-refractivity contribution in [2.24, 2.45) is 0 Å². The lowest BCUT2D eigenvalue weighted by atomic mass is 10.1. The van der Waals surface area contributed by atoms with Gasteiger partial charge in [-0.3, -0.25) is 14.9 Å². The molecule has 1 aromatic carbocycles. The van der Waals surface area contributed by atoms with Crippen molar-refractivity contribution in [3.63, 3.8) is 0 Å². The van der Waals surface area contributed by atoms with Crippen LogP contribution in [0.15, 0.2) is 18.2 Å². The molecular formula is C9H5F3N2O5. The van der Waals surface area contributed by atoms with E-state index in [1.54, 1.807) is 5.32 Å². The Morgan fingerprint density at radius 2 is 2.05 bits per heavy atom. The summed E-state index contributed by atoms with van der Waals surface area (Å²) < 4.78 is 41.9. The lowest BCUT2D eigenvalue weighted by Crippen LogP contribution is -2.60. The highest BCUT2D eigenvalue weighted by Crippen LogP contribution is 2.41. The second-order valence-corrected chi connectivity index (χ2v) is 3.64. The maximum Gasteiger partial charge on any atom is 0.465 e. The van der Waals surface area contributed by atoms with Crippen LogP contribution < -0.4 is 10.1 Å². The SMILES string of the molecule is O=C1Nc2ccc([N+](=O)[O-])cc2O[C@@]1(O)C(F)(F)F. The number of amides is 1. The van der Waals surface area contributed by atoms with Gasteiger partial charge in [-0.05, 0) is 6.07 Å². The number of rotatable bonds is 1. The van der Waals surface area contributed by atoms with Crippen molar-refractivity contribution < 1.29 is 32.7 Å². The van der Waals surface area contributed by atoms with E-state index in [0.29, 0.717) is 6.07 Å². The molecule has 102 valence electrons. The molecule has 0 saturated carbocycles. The maximum atomic E-state index is 12.6. The van der Waals surface area contributed by atoms with Gasteiger partial charge in [-0.2, -0.15) is 13.2 Å². The van der Waals surface area contributed by atoms with E-state index < -0.39 is 34.2 Å². The highest BCUT2D eigenvalue weighted by molar-refractivity contribution is 6.00. The van der Waals surface area contributed by atoms with E-state index in [-0.39, 0.29) is 5.69 Å². The van der Waals surface area contributed by atoms with Crippen LogP contribution in [-0.4, -0.2) is 27.9 Å². The normalized spacial score (nSPS) is 22.2. The third-order valence-electron chi connectivity index (χ3n) is 2.37. The van der Waals surface area contributed by atoms with Gasteiger partial charge in [-0.1, -0.05) is 0 Å². The summed E-state index contributed by atoms with van der Waals surface area (Å²) in [5, 5.41) is 21.5. The predicted molar refractivity (Wildman–Crippen MR) is 53.4 cm³/mol. The standard InChI is InChI=1S/C9H5F3N2O5/c10-9(11,12)8(16)7(15)13-5-2-1-4(14(17)18)3-6(5)19-8/h1-3,16H,(H,13,15)/t8-/m1/s1. The van der Waals surface area contributed by atoms with Crippen molar-refractivity contribution in [1.29, 1.82) is 0 Å². The van der Waals surface area contributed by atoms with E-state index in [1.165, 1.54) is 0 Å². The van der Waals surface area contributed by atoms with E-state index in [0.717, 1.165) is 12.1 Å². The molecule has 0 spiro atoms. The van der Waals surface area contributed by atoms with E-state index in [2.05, 4.69) is 4.74 Å². The van der Waals surface area contributed by atoms with E-state index in [4.69, 9.17) is 0 Å². The Bertz CT molecular complexity index is 573. The number of non-ortho nitro benzene ring substituents is 1. The van der Waals surface area contributed by atoms with Gasteiger partial charge in [0.15, 0.2) is 5.75 Å². The quantitative estimate of drug-likeness (QED) is 0.593. The zero-order valence-electron chi connectivity index (χ0n) is 8.89. The van der Waals surface area contributed by atoms with Gasteiger partial charge in [0.1, 0.15) is 0 Å². The van der Waals surface area contributed by atoms with Crippen molar-refractivity contribution in [1.82, 2.24) is 0 Å². The molecule has 10 heteroatoms. The van der Waals surface area contributed by atoms with Crippen molar-refractivity contribution in [2.45, 2.75) is 12.0 Å². The Morgan fingerprint density at radius 1 is 1.42 bits per heavy atom. The third-order valence-corrected chi connectivity index (χ3v) is 2.37. The second kappa shape index (κ2) is 3.82. The number of nitro groups is 1. The Labute approximate surface area is 102 Å². The average Bonchev–Trinajstić information content (AvgIpc) is 2.28. The number of ether oxygens (including phenoxy) is 1. The molecule has 19 heavy (non-hydrogen) atoms. The van der Waals surface area contributed by atoms with Crippen molar-refractivity contribution in [2.75, 3.05) is 5.32 Å². The number of halogens is 3. The molecule has 2 N–H and O–H groups in total. The van der Waals surface area contributed by atoms with Crippen LogP contribution >= 0.6 is 0 Å². The predicted octanol–water partition coefficient (Wildman–Crippen LogP) is 1.18. The minimum absolute atomic E-state index is 0.204. The number of aliphatic hydroxyl groups is 1. The van der Waals surface area contributed by atoms with Crippen molar-refractivity contribution >= 4 is 17.3 Å². The smallest absolute Gasteiger partial charge is 0.444 e. The summed E-state index contributed by atoms with van der Waals surface area (Å²) in [6.07, 6.45) is -5.39. The Morgan fingerprint density at radius 3 is 2.58 bits per heavy atom. The first-order valence-corrected chi connectivity index (χ1v) is 4.73. The Balaban J connectivity index is 2.49. The summed E-state index contributed by atoms with van der Waals surface area (Å²) in [6, 6.07) is 2.65. The van der Waals surface area contributed by atoms with Gasteiger partial charge in [-0.25, -0.2) is 0 Å². The molecule has 0 aliphatic carbocycles. The molecule has 1 atom stereocenters. The fourth-order valence-corrected chi connectivity index (χ4v) is 1.41. The molecule has 0 unspecified atom stereocenters. The minimum Gasteiger partial charge on any atom is -0.444 e. The fourth-order valence-electron chi connectivity index (χ4n) is 1.41. The zero-order valence-corrected chi connectivity index (χ0v) is 8.89. The van der Waals surface area contributed by atoms with E-state index >= 15 is 0 Å². The van der Waals surface area contributed by atoms with Gasteiger partial charge in [0.25, 0.3) is 5.69 Å². The number of hydrogen-bond acceptors (Lipinski definition) is 5. The molecule has 1 aliphatic rings. The van der Waals surface area contributed by atoms with Crippen LogP contribution in [0, 0.1) is 10.1 Å². The summed E-state index contributed by atoms with van der Waals surface area (Å²) in [6.45, 7) is 0. The highest BCUT2D eigenvalue weighted by atomic mass is 19.4. The molecule has 1 amide bonds. The molecule has 7 nitrogen and oxygen atoms in total. The molecule has 0 bridgehead atoms. The monoisotopic (exact) mass is 278 g/mol. The van der Waals surface area contributed by atoms with Crippen LogP contribution in [0.4, 0.5) is 24.5 Å². The van der Waals surface area contributed by atoms with Crippen LogP contribution in [0.25, 0.3) is 0 Å². The molecule has 0 fully saturated rings. The first-order valence-electron chi connectivity index (χ1n) is 4.73. The molecule has 0 aromatic heterocycles. The van der Waals surface area contributed by atoms with E-state index in [9.17, 15) is 33.2 Å². The molecule has 1 heterocycles. The number of hydrogen-bond donors (Lipinski definition) is 2. The largest absolute Gasteiger partial charge is 0.465 e. The summed E-state index contributed by atoms with van der Waals surface area (Å²) in [7, 11) is 0. The fraction of sp³-hybridized carbons (Fsp3) is 0.222. The van der Waals surface area contributed by atoms with Gasteiger partial charge in [-0.15, -0.1) is 0 Å². The lowest BCUT2D eigenvalue weighted by molar-refractivity contribution is -0.385. The third kappa shape index (κ3) is 1.95. The van der Waals surface area contributed by atoms with Gasteiger partial charge >= 0.3 is 17.9 Å². The maximum absolute atomic E-state index is 12.6. The summed E-state index contributed by atoms with van der Waals surface area (Å²) >= 11 is 0. The van der Waals surface area contributed by atoms with Crippen LogP contribution in [0.2, 0.25) is 0 Å². The molecule has 1 aliphatic heterocycles. The van der Waals surface area contributed by atoms with Gasteiger partial charge in [0.2, 0.25) is 0 Å². The number of nitrogens with zero attached hydrogens (tertiary/aromatic N) is 1. The molecule has 1 aromatic rings. The van der Waals surface area contributed by atoms with Crippen molar-refractivity contribution in [3.8, 4) is 5.75 Å². The number of alkyl halides is 3. The van der Waals surface area contributed by atoms with E-state index in [1.807, 2.05) is 0 Å². The van der Waals surface area contributed by atoms with Crippen molar-refractivity contribution in [3.05, 3.63) is 28.3 Å². The van der Waals surface area contributed by atoms with Crippen LogP contribution in [0.3, 0.4) is 0 Å². The molecular weight excluding hydrogens is 273 g/mol. The minimum atomic E-state index is -5.39. The van der Waals surface area contributed by atoms with Gasteiger partial charge in [0.05, 0.1) is 16.7 Å². The second-order valence-electron chi connectivity index (χ2n) is 3.64. The Kier molecular flexibility index (Phi) is 2.63. The number of nitro benzene ring substituents is 1. The number of carbonyl (C=O) groups is 1. The topological polar surface area (TPSA) is 102 Å². The Hall–Kier alpha value is -2.36. The molecule has 0 radical (unpaired) electrons. The molecule has 2 rings (SSSR count). The van der Waals surface area contributed by atoms with Crippen LogP contribution in [-0.2, 0) is 4.79 Å². The lowest BCUT2D eigenvalue weighted by Gasteiger charge is -2.33. The average molecular weight is 278 g/mol. The first kappa shape index (κ1) is 13.1. The summed E-state index contributed by atoms with van der Waals surface area (Å²) in [5.41, 5.74) is -0.746. The first-order chi connectivity index (χ1) is 8.65. The molecule has 0 saturated heterocycles. The van der Waals surface area contributed by atoms with Gasteiger partial charge < -0.3 is 15.2 Å². The highest BCUT2D eigenvalue weighted by Gasteiger charge is 2.64. The number of benzene rings is 1. The number of fused-ring (bicyclic) bond motifs is 1. The van der Waals surface area contributed by atoms with Gasteiger partial charge in [0, 0.05) is 6.07 Å². The summed E-state index contributed by atoms with van der Waals surface area (Å²) in [5.74, 6) is -6.54. The van der Waals surface area contributed by atoms with Crippen LogP contribution in [0.5, 0.6) is 5.75 Å². The zero-order chi connectivity index (χ0) is 14.4. The number of carbonyl (C=O) groups excluding carboxylic acids is 1. The van der Waals surface area contributed by atoms with Crippen LogP contribution in [0.1, 0.15) is 0 Å². The number of anilines is 1. The number of nitrogens with one attached hydrogen (secondary N) is 1. The summed E-state index contributed by atoms with van der Waals surface area (Å²) in [4.78, 5) is 20.8.